The summed E-state index contributed by atoms with van der Waals surface area (Å²) in [5, 5.41) is 28.3. The summed E-state index contributed by atoms with van der Waals surface area (Å²) in [7, 11) is 0. The molecule has 3 nitrogen and oxygen atoms in total. The van der Waals surface area contributed by atoms with E-state index in [2.05, 4.69) is 12.6 Å². The van der Waals surface area contributed by atoms with Gasteiger partial charge in [0.05, 0.1) is 12.7 Å². The number of hydrogen-bond acceptors (Lipinski definition) is 4. The van der Waals surface area contributed by atoms with Crippen LogP contribution in [0.25, 0.3) is 0 Å². The fourth-order valence-electron chi connectivity index (χ4n) is 1.39. The number of rotatable bonds is 5. The summed E-state index contributed by atoms with van der Waals surface area (Å²) in [5.74, 6) is 0.526. The maximum atomic E-state index is 9.77. The van der Waals surface area contributed by atoms with Gasteiger partial charge in [0.25, 0.3) is 0 Å². The Morgan fingerprint density at radius 1 is 1.27 bits per heavy atom. The quantitative estimate of drug-likeness (QED) is 0.566. The fourth-order valence-corrected chi connectivity index (χ4v) is 1.65. The molecule has 2 unspecified atom stereocenters. The standard InChI is InChI=1S/C11H16O3S/c12-7-8-2-1-3-9(6-8)11(14)10(13)4-5-15/h1-3,6,10-15H,4-5,7H2. The van der Waals surface area contributed by atoms with Gasteiger partial charge in [-0.1, -0.05) is 24.3 Å². The average Bonchev–Trinajstić information content (AvgIpc) is 2.28. The van der Waals surface area contributed by atoms with Crippen molar-refractivity contribution in [1.82, 2.24) is 0 Å². The van der Waals surface area contributed by atoms with E-state index in [9.17, 15) is 10.2 Å². The van der Waals surface area contributed by atoms with Crippen molar-refractivity contribution in [2.24, 2.45) is 0 Å². The summed E-state index contributed by atoms with van der Waals surface area (Å²) in [5.41, 5.74) is 1.35. The number of aliphatic hydroxyl groups is 3. The van der Waals surface area contributed by atoms with Crippen LogP contribution in [-0.4, -0.2) is 27.2 Å². The highest BCUT2D eigenvalue weighted by molar-refractivity contribution is 7.80. The van der Waals surface area contributed by atoms with Gasteiger partial charge in [0.2, 0.25) is 0 Å². The van der Waals surface area contributed by atoms with Crippen LogP contribution in [0.5, 0.6) is 0 Å². The van der Waals surface area contributed by atoms with Gasteiger partial charge in [-0.15, -0.1) is 0 Å². The summed E-state index contributed by atoms with van der Waals surface area (Å²) >= 11 is 3.99. The SMILES string of the molecule is OCc1cccc(C(O)C(O)CCS)c1. The molecule has 0 spiro atoms. The van der Waals surface area contributed by atoms with Crippen LogP contribution in [0.1, 0.15) is 23.7 Å². The Morgan fingerprint density at radius 3 is 2.60 bits per heavy atom. The summed E-state index contributed by atoms with van der Waals surface area (Å²) < 4.78 is 0. The van der Waals surface area contributed by atoms with Crippen LogP contribution >= 0.6 is 12.6 Å². The molecule has 0 aliphatic rings. The number of aliphatic hydroxyl groups excluding tert-OH is 3. The molecule has 0 amide bonds. The molecule has 0 aliphatic carbocycles. The van der Waals surface area contributed by atoms with E-state index in [0.717, 1.165) is 5.56 Å². The summed E-state index contributed by atoms with van der Waals surface area (Å²) in [6, 6.07) is 6.93. The first-order valence-electron chi connectivity index (χ1n) is 4.85. The van der Waals surface area contributed by atoms with Crippen molar-refractivity contribution in [3.63, 3.8) is 0 Å². The highest BCUT2D eigenvalue weighted by Crippen LogP contribution is 2.20. The molecule has 0 aromatic heterocycles. The first kappa shape index (κ1) is 12.5. The Kier molecular flexibility index (Phi) is 5.11. The van der Waals surface area contributed by atoms with Crippen LogP contribution in [-0.2, 0) is 6.61 Å². The van der Waals surface area contributed by atoms with Crippen LogP contribution in [0.4, 0.5) is 0 Å². The molecular weight excluding hydrogens is 212 g/mol. The van der Waals surface area contributed by atoms with E-state index < -0.39 is 12.2 Å². The molecule has 1 aromatic carbocycles. The lowest BCUT2D eigenvalue weighted by Crippen LogP contribution is -2.18. The van der Waals surface area contributed by atoms with Crippen molar-refractivity contribution in [3.8, 4) is 0 Å². The van der Waals surface area contributed by atoms with Crippen molar-refractivity contribution in [3.05, 3.63) is 35.4 Å². The van der Waals surface area contributed by atoms with E-state index in [-0.39, 0.29) is 6.61 Å². The lowest BCUT2D eigenvalue weighted by molar-refractivity contribution is 0.0171. The smallest absolute Gasteiger partial charge is 0.105 e. The average molecular weight is 228 g/mol. The Labute approximate surface area is 94.8 Å². The van der Waals surface area contributed by atoms with E-state index in [1.165, 1.54) is 0 Å². The maximum Gasteiger partial charge on any atom is 0.105 e. The third-order valence-corrected chi connectivity index (χ3v) is 2.52. The van der Waals surface area contributed by atoms with Crippen LogP contribution in [0.15, 0.2) is 24.3 Å². The normalized spacial score (nSPS) is 14.9. The lowest BCUT2D eigenvalue weighted by atomic mass is 10.0. The predicted octanol–water partition coefficient (Wildman–Crippen LogP) is 0.893. The molecule has 4 heteroatoms. The molecule has 3 N–H and O–H groups in total. The van der Waals surface area contributed by atoms with Crippen LogP contribution in [0.3, 0.4) is 0 Å². The van der Waals surface area contributed by atoms with Crippen LogP contribution in [0, 0.1) is 0 Å². The molecule has 0 bridgehead atoms. The molecule has 84 valence electrons. The minimum absolute atomic E-state index is 0.0662. The first-order valence-corrected chi connectivity index (χ1v) is 5.49. The molecule has 1 aromatic rings. The van der Waals surface area contributed by atoms with E-state index >= 15 is 0 Å². The lowest BCUT2D eigenvalue weighted by Gasteiger charge is -2.17. The van der Waals surface area contributed by atoms with Gasteiger partial charge in [0, 0.05) is 0 Å². The summed E-state index contributed by atoms with van der Waals surface area (Å²) in [6.07, 6.45) is -1.28. The van der Waals surface area contributed by atoms with Crippen molar-refractivity contribution in [1.29, 1.82) is 0 Å². The third-order valence-electron chi connectivity index (χ3n) is 2.26. The molecule has 1 rings (SSSR count). The Balaban J connectivity index is 2.76. The zero-order valence-electron chi connectivity index (χ0n) is 8.37. The minimum Gasteiger partial charge on any atom is -0.392 e. The van der Waals surface area contributed by atoms with Crippen molar-refractivity contribution in [2.45, 2.75) is 25.2 Å². The maximum absolute atomic E-state index is 9.77. The van der Waals surface area contributed by atoms with Gasteiger partial charge in [0.15, 0.2) is 0 Å². The zero-order chi connectivity index (χ0) is 11.3. The predicted molar refractivity (Wildman–Crippen MR) is 61.8 cm³/mol. The van der Waals surface area contributed by atoms with Crippen LogP contribution < -0.4 is 0 Å². The zero-order valence-corrected chi connectivity index (χ0v) is 9.27. The number of hydrogen-bond donors (Lipinski definition) is 4. The number of thiol groups is 1. The van der Waals surface area contributed by atoms with Crippen molar-refractivity contribution < 1.29 is 15.3 Å². The van der Waals surface area contributed by atoms with Crippen molar-refractivity contribution in [2.75, 3.05) is 5.75 Å². The summed E-state index contributed by atoms with van der Waals surface area (Å²) in [4.78, 5) is 0. The van der Waals surface area contributed by atoms with E-state index in [1.807, 2.05) is 0 Å². The summed E-state index contributed by atoms with van der Waals surface area (Å²) in [6.45, 7) is -0.0662. The molecule has 0 aliphatic heterocycles. The molecular formula is C11H16O3S. The third kappa shape index (κ3) is 3.50. The molecule has 2 atom stereocenters. The van der Waals surface area contributed by atoms with Gasteiger partial charge < -0.3 is 15.3 Å². The fraction of sp³-hybridized carbons (Fsp3) is 0.455. The van der Waals surface area contributed by atoms with Gasteiger partial charge in [-0.3, -0.25) is 0 Å². The van der Waals surface area contributed by atoms with Gasteiger partial charge in [-0.05, 0) is 23.3 Å². The van der Waals surface area contributed by atoms with Crippen LogP contribution in [0.2, 0.25) is 0 Å². The molecule has 0 radical (unpaired) electrons. The Hall–Kier alpha value is -0.550. The van der Waals surface area contributed by atoms with E-state index in [0.29, 0.717) is 17.7 Å². The molecule has 0 saturated heterocycles. The molecule has 0 fully saturated rings. The molecule has 0 saturated carbocycles. The topological polar surface area (TPSA) is 60.7 Å². The highest BCUT2D eigenvalue weighted by Gasteiger charge is 2.17. The van der Waals surface area contributed by atoms with Crippen molar-refractivity contribution >= 4 is 12.6 Å². The monoisotopic (exact) mass is 228 g/mol. The number of benzene rings is 1. The second kappa shape index (κ2) is 6.12. The highest BCUT2D eigenvalue weighted by atomic mass is 32.1. The second-order valence-electron chi connectivity index (χ2n) is 3.43. The Morgan fingerprint density at radius 2 is 2.00 bits per heavy atom. The van der Waals surface area contributed by atoms with E-state index in [4.69, 9.17) is 5.11 Å². The second-order valence-corrected chi connectivity index (χ2v) is 3.87. The van der Waals surface area contributed by atoms with Gasteiger partial charge >= 0.3 is 0 Å². The first-order chi connectivity index (χ1) is 7.19. The minimum atomic E-state index is -0.913. The Bertz CT molecular complexity index is 304. The molecule has 0 heterocycles. The van der Waals surface area contributed by atoms with Gasteiger partial charge in [0.1, 0.15) is 6.10 Å². The molecule has 15 heavy (non-hydrogen) atoms. The largest absolute Gasteiger partial charge is 0.392 e. The van der Waals surface area contributed by atoms with E-state index in [1.54, 1.807) is 24.3 Å². The van der Waals surface area contributed by atoms with Gasteiger partial charge in [-0.25, -0.2) is 0 Å². The van der Waals surface area contributed by atoms with Gasteiger partial charge in [-0.2, -0.15) is 12.6 Å².